The van der Waals surface area contributed by atoms with E-state index in [1.54, 1.807) is 0 Å². The highest BCUT2D eigenvalue weighted by atomic mass is 79.9. The third-order valence-corrected chi connectivity index (χ3v) is 2.85. The second-order valence-corrected chi connectivity index (χ2v) is 4.02. The highest BCUT2D eigenvalue weighted by molar-refractivity contribution is 9.10. The molecule has 1 aliphatic rings. The van der Waals surface area contributed by atoms with E-state index in [0.717, 1.165) is 28.6 Å². The second kappa shape index (κ2) is 3.68. The summed E-state index contributed by atoms with van der Waals surface area (Å²) in [4.78, 5) is 0. The quantitative estimate of drug-likeness (QED) is 0.759. The summed E-state index contributed by atoms with van der Waals surface area (Å²) in [6, 6.07) is 5.76. The Bertz CT molecular complexity index is 312. The monoisotopic (exact) mass is 242 g/mol. The third-order valence-electron chi connectivity index (χ3n) is 2.22. The number of hydrogen-bond donors (Lipinski definition) is 1. The summed E-state index contributed by atoms with van der Waals surface area (Å²) in [5, 5.41) is 9.76. The summed E-state index contributed by atoms with van der Waals surface area (Å²) in [6.45, 7) is 0.687. The molecule has 0 radical (unpaired) electrons. The van der Waals surface area contributed by atoms with Crippen LogP contribution in [0.25, 0.3) is 0 Å². The molecule has 0 unspecified atom stereocenters. The minimum absolute atomic E-state index is 0.380. The number of benzene rings is 1. The lowest BCUT2D eigenvalue weighted by molar-refractivity contribution is 0.167. The molecule has 0 fully saturated rings. The van der Waals surface area contributed by atoms with Gasteiger partial charge in [0.2, 0.25) is 0 Å². The van der Waals surface area contributed by atoms with Gasteiger partial charge in [0.05, 0.1) is 17.2 Å². The smallest absolute Gasteiger partial charge is 0.139 e. The highest BCUT2D eigenvalue weighted by Gasteiger charge is 2.18. The third kappa shape index (κ3) is 1.71. The number of aliphatic hydroxyl groups is 1. The van der Waals surface area contributed by atoms with Gasteiger partial charge in [-0.2, -0.15) is 0 Å². The molecule has 13 heavy (non-hydrogen) atoms. The molecule has 2 rings (SSSR count). The van der Waals surface area contributed by atoms with Gasteiger partial charge in [0.15, 0.2) is 0 Å². The lowest BCUT2D eigenvalue weighted by Gasteiger charge is -2.11. The first kappa shape index (κ1) is 9.03. The van der Waals surface area contributed by atoms with Crippen LogP contribution in [0.4, 0.5) is 0 Å². The van der Waals surface area contributed by atoms with Crippen molar-refractivity contribution < 1.29 is 9.84 Å². The second-order valence-electron chi connectivity index (χ2n) is 3.16. The van der Waals surface area contributed by atoms with Crippen molar-refractivity contribution in [3.63, 3.8) is 0 Å². The van der Waals surface area contributed by atoms with E-state index < -0.39 is 0 Å². The Morgan fingerprint density at radius 1 is 1.46 bits per heavy atom. The van der Waals surface area contributed by atoms with Crippen molar-refractivity contribution in [1.82, 2.24) is 0 Å². The molecule has 1 heterocycles. The van der Waals surface area contributed by atoms with E-state index in [4.69, 9.17) is 4.74 Å². The van der Waals surface area contributed by atoms with E-state index >= 15 is 0 Å². The Hall–Kier alpha value is -0.540. The van der Waals surface area contributed by atoms with Gasteiger partial charge in [-0.15, -0.1) is 0 Å². The normalized spacial score (nSPS) is 21.5. The van der Waals surface area contributed by atoms with E-state index in [1.807, 2.05) is 18.2 Å². The van der Waals surface area contributed by atoms with Gasteiger partial charge in [-0.1, -0.05) is 12.1 Å². The maximum atomic E-state index is 9.76. The van der Waals surface area contributed by atoms with Gasteiger partial charge in [-0.3, -0.25) is 0 Å². The van der Waals surface area contributed by atoms with E-state index in [9.17, 15) is 5.11 Å². The summed E-state index contributed by atoms with van der Waals surface area (Å²) in [7, 11) is 0. The number of ether oxygens (including phenoxy) is 1. The molecule has 0 aromatic heterocycles. The maximum Gasteiger partial charge on any atom is 0.139 e. The van der Waals surface area contributed by atoms with Crippen molar-refractivity contribution >= 4 is 15.9 Å². The Morgan fingerprint density at radius 2 is 2.31 bits per heavy atom. The first-order valence-electron chi connectivity index (χ1n) is 4.38. The van der Waals surface area contributed by atoms with Crippen LogP contribution >= 0.6 is 15.9 Å². The Balaban J connectivity index is 2.47. The van der Waals surface area contributed by atoms with Crippen molar-refractivity contribution in [1.29, 1.82) is 0 Å². The van der Waals surface area contributed by atoms with Crippen molar-refractivity contribution in [2.45, 2.75) is 18.9 Å². The van der Waals surface area contributed by atoms with Crippen molar-refractivity contribution in [3.05, 3.63) is 28.2 Å². The van der Waals surface area contributed by atoms with Crippen LogP contribution in [-0.2, 0) is 0 Å². The fourth-order valence-corrected chi connectivity index (χ4v) is 2.04. The van der Waals surface area contributed by atoms with Crippen LogP contribution in [0.3, 0.4) is 0 Å². The predicted molar refractivity (Wildman–Crippen MR) is 53.8 cm³/mol. The predicted octanol–water partition coefficient (Wildman–Crippen LogP) is 2.66. The fraction of sp³-hybridized carbons (Fsp3) is 0.400. The molecule has 1 N–H and O–H groups in total. The van der Waals surface area contributed by atoms with Crippen LogP contribution in [0, 0.1) is 0 Å². The Kier molecular flexibility index (Phi) is 2.56. The van der Waals surface area contributed by atoms with Gasteiger partial charge in [0.25, 0.3) is 0 Å². The standard InChI is InChI=1S/C10H11BrO2/c11-8-4-1-3-7-9(12)5-2-6-13-10(7)8/h1,3-4,9,12H,2,5-6H2/t9-/m1/s1. The molecule has 70 valence electrons. The minimum atomic E-state index is -0.380. The molecular weight excluding hydrogens is 232 g/mol. The molecular formula is C10H11BrO2. The number of fused-ring (bicyclic) bond motifs is 1. The number of rotatable bonds is 0. The first-order chi connectivity index (χ1) is 6.29. The molecule has 0 saturated heterocycles. The molecule has 0 saturated carbocycles. The topological polar surface area (TPSA) is 29.5 Å². The zero-order valence-electron chi connectivity index (χ0n) is 7.16. The van der Waals surface area contributed by atoms with Crippen molar-refractivity contribution in [3.8, 4) is 5.75 Å². The fourth-order valence-electron chi connectivity index (χ4n) is 1.55. The molecule has 0 spiro atoms. The van der Waals surface area contributed by atoms with Crippen LogP contribution in [0.1, 0.15) is 24.5 Å². The van der Waals surface area contributed by atoms with Crippen LogP contribution < -0.4 is 4.74 Å². The van der Waals surface area contributed by atoms with Gasteiger partial charge in [0.1, 0.15) is 5.75 Å². The highest BCUT2D eigenvalue weighted by Crippen LogP contribution is 2.36. The minimum Gasteiger partial charge on any atom is -0.492 e. The van der Waals surface area contributed by atoms with Gasteiger partial charge in [-0.05, 0) is 34.8 Å². The summed E-state index contributed by atoms with van der Waals surface area (Å²) < 4.78 is 6.46. The van der Waals surface area contributed by atoms with Crippen LogP contribution in [0.15, 0.2) is 22.7 Å². The molecule has 1 aromatic rings. The molecule has 0 aliphatic carbocycles. The number of aliphatic hydroxyl groups excluding tert-OH is 1. The maximum absolute atomic E-state index is 9.76. The summed E-state index contributed by atoms with van der Waals surface area (Å²) in [6.07, 6.45) is 1.31. The van der Waals surface area contributed by atoms with Crippen molar-refractivity contribution in [2.75, 3.05) is 6.61 Å². The summed E-state index contributed by atoms with van der Waals surface area (Å²) in [5.41, 5.74) is 0.895. The molecule has 1 aliphatic heterocycles. The summed E-state index contributed by atoms with van der Waals surface area (Å²) in [5.74, 6) is 0.799. The molecule has 3 heteroatoms. The average molecular weight is 243 g/mol. The first-order valence-corrected chi connectivity index (χ1v) is 5.17. The molecule has 0 amide bonds. The lowest BCUT2D eigenvalue weighted by Crippen LogP contribution is -1.96. The lowest BCUT2D eigenvalue weighted by atomic mass is 10.1. The zero-order valence-corrected chi connectivity index (χ0v) is 8.75. The Labute approximate surface area is 85.7 Å². The Morgan fingerprint density at radius 3 is 3.15 bits per heavy atom. The summed E-state index contributed by atoms with van der Waals surface area (Å²) >= 11 is 3.41. The molecule has 0 bridgehead atoms. The van der Waals surface area contributed by atoms with Gasteiger partial charge in [-0.25, -0.2) is 0 Å². The number of para-hydroxylation sites is 1. The van der Waals surface area contributed by atoms with Crippen molar-refractivity contribution in [2.24, 2.45) is 0 Å². The molecule has 1 aromatic carbocycles. The van der Waals surface area contributed by atoms with Gasteiger partial charge < -0.3 is 9.84 Å². The van der Waals surface area contributed by atoms with E-state index in [1.165, 1.54) is 0 Å². The van der Waals surface area contributed by atoms with Gasteiger partial charge in [0, 0.05) is 5.56 Å². The van der Waals surface area contributed by atoms with Crippen LogP contribution in [-0.4, -0.2) is 11.7 Å². The molecule has 1 atom stereocenters. The van der Waals surface area contributed by atoms with E-state index in [0.29, 0.717) is 6.61 Å². The average Bonchev–Trinajstić information content (AvgIpc) is 2.30. The molecule has 2 nitrogen and oxygen atoms in total. The van der Waals surface area contributed by atoms with Crippen LogP contribution in [0.5, 0.6) is 5.75 Å². The largest absolute Gasteiger partial charge is 0.492 e. The number of halogens is 1. The SMILES string of the molecule is O[C@@H]1CCCOc2c(Br)cccc21. The van der Waals surface area contributed by atoms with E-state index in [2.05, 4.69) is 15.9 Å². The number of hydrogen-bond acceptors (Lipinski definition) is 2. The van der Waals surface area contributed by atoms with Crippen LogP contribution in [0.2, 0.25) is 0 Å². The van der Waals surface area contributed by atoms with Gasteiger partial charge >= 0.3 is 0 Å². The van der Waals surface area contributed by atoms with E-state index in [-0.39, 0.29) is 6.10 Å². The zero-order chi connectivity index (χ0) is 9.26.